The van der Waals surface area contributed by atoms with E-state index in [4.69, 9.17) is 5.73 Å². The normalized spacial score (nSPS) is 12.3. The van der Waals surface area contributed by atoms with Gasteiger partial charge in [0.1, 0.15) is 0 Å². The Balaban J connectivity index is 3.19. The molecule has 0 unspecified atom stereocenters. The first-order chi connectivity index (χ1) is 8.98. The summed E-state index contributed by atoms with van der Waals surface area (Å²) in [7, 11) is 0. The van der Waals surface area contributed by atoms with Gasteiger partial charge in [-0.15, -0.1) is 0 Å². The van der Waals surface area contributed by atoms with E-state index in [9.17, 15) is 0 Å². The fourth-order valence-electron chi connectivity index (χ4n) is 2.49. The zero-order valence-corrected chi connectivity index (χ0v) is 13.9. The Labute approximate surface area is 121 Å². The van der Waals surface area contributed by atoms with E-state index in [1.165, 1.54) is 58.0 Å². The number of hydrogen-bond acceptors (Lipinski definition) is 2. The number of nitrogens with one attached hydrogen (secondary N) is 1. The van der Waals surface area contributed by atoms with Gasteiger partial charge in [-0.2, -0.15) is 0 Å². The summed E-state index contributed by atoms with van der Waals surface area (Å²) in [6.45, 7) is 12.5. The Hall–Kier alpha value is -0.0800. The van der Waals surface area contributed by atoms with Crippen molar-refractivity contribution in [2.75, 3.05) is 19.6 Å². The molecule has 0 spiro atoms. The first kappa shape index (κ1) is 18.9. The third-order valence-electron chi connectivity index (χ3n) is 3.91. The van der Waals surface area contributed by atoms with Gasteiger partial charge in [-0.25, -0.2) is 0 Å². The monoisotopic (exact) mass is 270 g/mol. The predicted octanol–water partition coefficient (Wildman–Crippen LogP) is 4.34. The summed E-state index contributed by atoms with van der Waals surface area (Å²) < 4.78 is 0. The van der Waals surface area contributed by atoms with Gasteiger partial charge in [-0.1, -0.05) is 53.4 Å². The lowest BCUT2D eigenvalue weighted by Gasteiger charge is -2.23. The molecule has 2 heteroatoms. The molecule has 0 saturated heterocycles. The highest BCUT2D eigenvalue weighted by molar-refractivity contribution is 4.69. The van der Waals surface area contributed by atoms with E-state index in [2.05, 4.69) is 33.0 Å². The molecule has 116 valence electrons. The molecule has 0 atom stereocenters. The minimum Gasteiger partial charge on any atom is -0.330 e. The van der Waals surface area contributed by atoms with E-state index in [1.54, 1.807) is 0 Å². The second kappa shape index (κ2) is 11.7. The molecule has 0 aliphatic heterocycles. The fourth-order valence-corrected chi connectivity index (χ4v) is 2.49. The van der Waals surface area contributed by atoms with Crippen LogP contribution in [0.25, 0.3) is 0 Å². The molecule has 0 aliphatic carbocycles. The van der Waals surface area contributed by atoms with Crippen LogP contribution in [-0.4, -0.2) is 19.6 Å². The van der Waals surface area contributed by atoms with E-state index in [1.807, 2.05) is 0 Å². The van der Waals surface area contributed by atoms with Gasteiger partial charge in [0, 0.05) is 0 Å². The predicted molar refractivity (Wildman–Crippen MR) is 87.5 cm³/mol. The molecule has 0 aromatic carbocycles. The van der Waals surface area contributed by atoms with Crippen molar-refractivity contribution in [3.8, 4) is 0 Å². The SMILES string of the molecule is CC(C)CCCCCCNCCCC(C)(C)CCN. The molecule has 0 aliphatic rings. The lowest BCUT2D eigenvalue weighted by molar-refractivity contribution is 0.302. The minimum absolute atomic E-state index is 0.424. The quantitative estimate of drug-likeness (QED) is 0.489. The van der Waals surface area contributed by atoms with Crippen molar-refractivity contribution in [3.63, 3.8) is 0 Å². The van der Waals surface area contributed by atoms with Gasteiger partial charge in [-0.05, 0) is 56.7 Å². The number of hydrogen-bond donors (Lipinski definition) is 2. The molecule has 0 saturated carbocycles. The largest absolute Gasteiger partial charge is 0.330 e. The zero-order valence-electron chi connectivity index (χ0n) is 13.9. The standard InChI is InChI=1S/C17H38N2/c1-16(2)10-7-5-6-8-14-19-15-9-11-17(3,4)12-13-18/h16,19H,5-15,18H2,1-4H3. The molecule has 0 rings (SSSR count). The van der Waals surface area contributed by atoms with Crippen molar-refractivity contribution >= 4 is 0 Å². The fraction of sp³-hybridized carbons (Fsp3) is 1.00. The van der Waals surface area contributed by atoms with Crippen LogP contribution in [-0.2, 0) is 0 Å². The first-order valence-electron chi connectivity index (χ1n) is 8.39. The molecule has 0 bridgehead atoms. The number of nitrogens with two attached hydrogens (primary N) is 1. The molecule has 0 radical (unpaired) electrons. The number of unbranched alkanes of at least 4 members (excludes halogenated alkanes) is 3. The summed E-state index contributed by atoms with van der Waals surface area (Å²) in [5.41, 5.74) is 6.05. The van der Waals surface area contributed by atoms with Crippen molar-refractivity contribution in [1.82, 2.24) is 5.32 Å². The van der Waals surface area contributed by atoms with Gasteiger partial charge in [0.2, 0.25) is 0 Å². The summed E-state index contributed by atoms with van der Waals surface area (Å²) in [4.78, 5) is 0. The highest BCUT2D eigenvalue weighted by atomic mass is 14.8. The summed E-state index contributed by atoms with van der Waals surface area (Å²) in [5, 5.41) is 3.57. The van der Waals surface area contributed by atoms with Gasteiger partial charge in [0.15, 0.2) is 0 Å². The van der Waals surface area contributed by atoms with Gasteiger partial charge in [0.25, 0.3) is 0 Å². The average molecular weight is 271 g/mol. The minimum atomic E-state index is 0.424. The molecular weight excluding hydrogens is 232 g/mol. The Kier molecular flexibility index (Phi) is 11.7. The molecule has 0 aromatic rings. The molecular formula is C17H38N2. The summed E-state index contributed by atoms with van der Waals surface area (Å²) in [6, 6.07) is 0. The van der Waals surface area contributed by atoms with Crippen molar-refractivity contribution in [2.45, 2.75) is 79.1 Å². The number of rotatable bonds is 13. The topological polar surface area (TPSA) is 38.0 Å². The highest BCUT2D eigenvalue weighted by Crippen LogP contribution is 2.25. The Morgan fingerprint density at radius 3 is 2.16 bits per heavy atom. The second-order valence-corrected chi connectivity index (χ2v) is 7.15. The van der Waals surface area contributed by atoms with E-state index in [-0.39, 0.29) is 0 Å². The molecule has 19 heavy (non-hydrogen) atoms. The summed E-state index contributed by atoms with van der Waals surface area (Å²) in [6.07, 6.45) is 10.6. The smallest absolute Gasteiger partial charge is 0.00487 e. The lowest BCUT2D eigenvalue weighted by atomic mass is 9.84. The zero-order chi connectivity index (χ0) is 14.6. The van der Waals surface area contributed by atoms with Crippen LogP contribution in [0.15, 0.2) is 0 Å². The van der Waals surface area contributed by atoms with Crippen molar-refractivity contribution in [1.29, 1.82) is 0 Å². The summed E-state index contributed by atoms with van der Waals surface area (Å²) >= 11 is 0. The van der Waals surface area contributed by atoms with Crippen LogP contribution in [0.3, 0.4) is 0 Å². The van der Waals surface area contributed by atoms with E-state index >= 15 is 0 Å². The Bertz CT molecular complexity index is 188. The van der Waals surface area contributed by atoms with E-state index in [0.29, 0.717) is 5.41 Å². The van der Waals surface area contributed by atoms with Crippen LogP contribution in [0, 0.1) is 11.3 Å². The van der Waals surface area contributed by atoms with Crippen molar-refractivity contribution in [2.24, 2.45) is 17.1 Å². The first-order valence-corrected chi connectivity index (χ1v) is 8.39. The van der Waals surface area contributed by atoms with Crippen molar-refractivity contribution in [3.05, 3.63) is 0 Å². The van der Waals surface area contributed by atoms with Crippen LogP contribution < -0.4 is 11.1 Å². The maximum absolute atomic E-state index is 5.63. The van der Waals surface area contributed by atoms with Crippen molar-refractivity contribution < 1.29 is 0 Å². The van der Waals surface area contributed by atoms with Crippen LogP contribution >= 0.6 is 0 Å². The molecule has 0 fully saturated rings. The lowest BCUT2D eigenvalue weighted by Crippen LogP contribution is -2.21. The average Bonchev–Trinajstić information content (AvgIpc) is 2.31. The molecule has 3 N–H and O–H groups in total. The highest BCUT2D eigenvalue weighted by Gasteiger charge is 2.15. The van der Waals surface area contributed by atoms with Gasteiger partial charge in [-0.3, -0.25) is 0 Å². The molecule has 0 heterocycles. The molecule has 0 amide bonds. The van der Waals surface area contributed by atoms with Gasteiger partial charge >= 0.3 is 0 Å². The van der Waals surface area contributed by atoms with Crippen LogP contribution in [0.2, 0.25) is 0 Å². The van der Waals surface area contributed by atoms with E-state index in [0.717, 1.165) is 18.9 Å². The van der Waals surface area contributed by atoms with Crippen LogP contribution in [0.5, 0.6) is 0 Å². The Morgan fingerprint density at radius 2 is 1.53 bits per heavy atom. The van der Waals surface area contributed by atoms with Gasteiger partial charge in [0.05, 0.1) is 0 Å². The molecule has 2 nitrogen and oxygen atoms in total. The third kappa shape index (κ3) is 14.1. The molecule has 0 aromatic heterocycles. The third-order valence-corrected chi connectivity index (χ3v) is 3.91. The maximum Gasteiger partial charge on any atom is -0.00487 e. The second-order valence-electron chi connectivity index (χ2n) is 7.15. The summed E-state index contributed by atoms with van der Waals surface area (Å²) in [5.74, 6) is 0.870. The Morgan fingerprint density at radius 1 is 0.895 bits per heavy atom. The van der Waals surface area contributed by atoms with Gasteiger partial charge < -0.3 is 11.1 Å². The van der Waals surface area contributed by atoms with Crippen LogP contribution in [0.4, 0.5) is 0 Å². The van der Waals surface area contributed by atoms with E-state index < -0.39 is 0 Å². The maximum atomic E-state index is 5.63. The van der Waals surface area contributed by atoms with Crippen LogP contribution in [0.1, 0.15) is 79.1 Å².